The topological polar surface area (TPSA) is 68.5 Å². The maximum atomic E-state index is 12.1. The van der Waals surface area contributed by atoms with Crippen LogP contribution < -0.4 is 4.90 Å². The molecule has 1 aliphatic heterocycles. The molecule has 0 radical (unpaired) electrons. The molecule has 116 valence electrons. The number of hydrogen-bond acceptors (Lipinski definition) is 6. The lowest BCUT2D eigenvalue weighted by molar-refractivity contribution is -0.150. The molecule has 22 heavy (non-hydrogen) atoms. The SMILES string of the molecule is Cc1occc1COC(=O)C1CCN(c2cnccn2)CC1. The minimum Gasteiger partial charge on any atom is -0.469 e. The quantitative estimate of drug-likeness (QED) is 0.807. The van der Waals surface area contributed by atoms with E-state index in [4.69, 9.17) is 9.15 Å². The third-order valence-electron chi connectivity index (χ3n) is 4.04. The molecule has 0 atom stereocenters. The largest absolute Gasteiger partial charge is 0.469 e. The van der Waals surface area contributed by atoms with Gasteiger partial charge in [-0.1, -0.05) is 0 Å². The second-order valence-corrected chi connectivity index (χ2v) is 5.43. The molecule has 0 aliphatic carbocycles. The number of piperidine rings is 1. The van der Waals surface area contributed by atoms with E-state index in [2.05, 4.69) is 14.9 Å². The molecule has 0 spiro atoms. The van der Waals surface area contributed by atoms with Crippen molar-refractivity contribution >= 4 is 11.8 Å². The van der Waals surface area contributed by atoms with Gasteiger partial charge in [-0.05, 0) is 25.8 Å². The van der Waals surface area contributed by atoms with E-state index in [9.17, 15) is 4.79 Å². The molecule has 0 N–H and O–H groups in total. The van der Waals surface area contributed by atoms with Gasteiger partial charge in [-0.15, -0.1) is 0 Å². The summed E-state index contributed by atoms with van der Waals surface area (Å²) < 4.78 is 10.6. The first-order valence-electron chi connectivity index (χ1n) is 7.44. The molecule has 2 aromatic rings. The van der Waals surface area contributed by atoms with Crippen LogP contribution >= 0.6 is 0 Å². The minimum atomic E-state index is -0.126. The predicted molar refractivity (Wildman–Crippen MR) is 80.2 cm³/mol. The lowest BCUT2D eigenvalue weighted by Gasteiger charge is -2.31. The van der Waals surface area contributed by atoms with Gasteiger partial charge in [-0.3, -0.25) is 9.78 Å². The fourth-order valence-electron chi connectivity index (χ4n) is 2.63. The summed E-state index contributed by atoms with van der Waals surface area (Å²) in [5.41, 5.74) is 0.922. The second-order valence-electron chi connectivity index (χ2n) is 5.43. The standard InChI is InChI=1S/C16H19N3O3/c1-12-14(4-9-21-12)11-22-16(20)13-2-7-19(8-3-13)15-10-17-5-6-18-15/h4-6,9-10,13H,2-3,7-8,11H2,1H3. The summed E-state index contributed by atoms with van der Waals surface area (Å²) in [4.78, 5) is 22.7. The molecule has 3 heterocycles. The third kappa shape index (κ3) is 3.27. The fraction of sp³-hybridized carbons (Fsp3) is 0.438. The summed E-state index contributed by atoms with van der Waals surface area (Å²) in [6, 6.07) is 1.83. The zero-order valence-corrected chi connectivity index (χ0v) is 12.6. The first kappa shape index (κ1) is 14.6. The van der Waals surface area contributed by atoms with Gasteiger partial charge in [0.2, 0.25) is 0 Å². The molecule has 0 saturated carbocycles. The van der Waals surface area contributed by atoms with Crippen LogP contribution in [0.1, 0.15) is 24.2 Å². The Morgan fingerprint density at radius 3 is 2.86 bits per heavy atom. The van der Waals surface area contributed by atoms with Crippen LogP contribution in [0.2, 0.25) is 0 Å². The molecule has 6 heteroatoms. The van der Waals surface area contributed by atoms with Crippen molar-refractivity contribution in [3.8, 4) is 0 Å². The molecular formula is C16H19N3O3. The number of nitrogens with zero attached hydrogens (tertiary/aromatic N) is 3. The number of esters is 1. The smallest absolute Gasteiger partial charge is 0.309 e. The van der Waals surface area contributed by atoms with Crippen molar-refractivity contribution in [1.29, 1.82) is 0 Å². The van der Waals surface area contributed by atoms with E-state index in [-0.39, 0.29) is 18.5 Å². The molecule has 1 fully saturated rings. The summed E-state index contributed by atoms with van der Waals surface area (Å²) >= 11 is 0. The molecule has 3 rings (SSSR count). The van der Waals surface area contributed by atoms with Crippen molar-refractivity contribution in [2.75, 3.05) is 18.0 Å². The van der Waals surface area contributed by atoms with Crippen molar-refractivity contribution in [3.05, 3.63) is 42.2 Å². The molecule has 0 unspecified atom stereocenters. The van der Waals surface area contributed by atoms with Crippen LogP contribution in [-0.4, -0.2) is 29.0 Å². The maximum Gasteiger partial charge on any atom is 0.309 e. The molecule has 1 aliphatic rings. The van der Waals surface area contributed by atoms with Crippen molar-refractivity contribution in [2.45, 2.75) is 26.4 Å². The van der Waals surface area contributed by atoms with Gasteiger partial charge < -0.3 is 14.1 Å². The van der Waals surface area contributed by atoms with Gasteiger partial charge in [0, 0.05) is 31.0 Å². The number of rotatable bonds is 4. The van der Waals surface area contributed by atoms with Crippen LogP contribution in [0.4, 0.5) is 5.82 Å². The van der Waals surface area contributed by atoms with Crippen molar-refractivity contribution < 1.29 is 13.9 Å². The van der Waals surface area contributed by atoms with Gasteiger partial charge in [-0.25, -0.2) is 4.98 Å². The van der Waals surface area contributed by atoms with E-state index in [1.807, 2.05) is 13.0 Å². The molecule has 6 nitrogen and oxygen atoms in total. The van der Waals surface area contributed by atoms with E-state index >= 15 is 0 Å². The summed E-state index contributed by atoms with van der Waals surface area (Å²) in [6.07, 6.45) is 8.26. The zero-order valence-electron chi connectivity index (χ0n) is 12.6. The van der Waals surface area contributed by atoms with Crippen LogP contribution in [0.5, 0.6) is 0 Å². The number of ether oxygens (including phenoxy) is 1. The first-order chi connectivity index (χ1) is 10.7. The first-order valence-corrected chi connectivity index (χ1v) is 7.44. The highest BCUT2D eigenvalue weighted by molar-refractivity contribution is 5.72. The third-order valence-corrected chi connectivity index (χ3v) is 4.04. The average Bonchev–Trinajstić information content (AvgIpc) is 2.99. The van der Waals surface area contributed by atoms with Gasteiger partial charge in [0.25, 0.3) is 0 Å². The predicted octanol–water partition coefficient (Wildman–Crippen LogP) is 2.34. The Morgan fingerprint density at radius 1 is 1.41 bits per heavy atom. The van der Waals surface area contributed by atoms with Crippen LogP contribution in [0.25, 0.3) is 0 Å². The number of anilines is 1. The van der Waals surface area contributed by atoms with E-state index in [1.165, 1.54) is 0 Å². The molecule has 0 amide bonds. The average molecular weight is 301 g/mol. The number of carbonyl (C=O) groups excluding carboxylic acids is 1. The minimum absolute atomic E-state index is 0.0415. The zero-order chi connectivity index (χ0) is 15.4. The summed E-state index contributed by atoms with van der Waals surface area (Å²) in [5, 5.41) is 0. The van der Waals surface area contributed by atoms with E-state index < -0.39 is 0 Å². The number of carbonyl (C=O) groups is 1. The summed E-state index contributed by atoms with van der Waals surface area (Å²) in [7, 11) is 0. The number of aromatic nitrogens is 2. The van der Waals surface area contributed by atoms with Gasteiger partial charge in [0.1, 0.15) is 18.2 Å². The van der Waals surface area contributed by atoms with Crippen molar-refractivity contribution in [1.82, 2.24) is 9.97 Å². The summed E-state index contributed by atoms with van der Waals surface area (Å²) in [5.74, 6) is 1.49. The summed E-state index contributed by atoms with van der Waals surface area (Å²) in [6.45, 7) is 3.74. The lowest BCUT2D eigenvalue weighted by atomic mass is 9.97. The van der Waals surface area contributed by atoms with Crippen molar-refractivity contribution in [3.63, 3.8) is 0 Å². The second kappa shape index (κ2) is 6.60. The Balaban J connectivity index is 1.49. The van der Waals surface area contributed by atoms with E-state index in [0.717, 1.165) is 43.1 Å². The molecule has 2 aromatic heterocycles. The van der Waals surface area contributed by atoms with Crippen LogP contribution in [0.15, 0.2) is 35.3 Å². The van der Waals surface area contributed by atoms with Gasteiger partial charge in [0.05, 0.1) is 18.4 Å². The van der Waals surface area contributed by atoms with Gasteiger partial charge in [0.15, 0.2) is 0 Å². The monoisotopic (exact) mass is 301 g/mol. The number of hydrogen-bond donors (Lipinski definition) is 0. The fourth-order valence-corrected chi connectivity index (χ4v) is 2.63. The molecule has 0 aromatic carbocycles. The molecule has 1 saturated heterocycles. The van der Waals surface area contributed by atoms with E-state index in [1.54, 1.807) is 24.9 Å². The maximum absolute atomic E-state index is 12.1. The lowest BCUT2D eigenvalue weighted by Crippen LogP contribution is -2.37. The number of aryl methyl sites for hydroxylation is 1. The van der Waals surface area contributed by atoms with Gasteiger partial charge >= 0.3 is 5.97 Å². The Bertz CT molecular complexity index is 619. The Morgan fingerprint density at radius 2 is 2.23 bits per heavy atom. The van der Waals surface area contributed by atoms with Crippen LogP contribution in [0.3, 0.4) is 0 Å². The van der Waals surface area contributed by atoms with Gasteiger partial charge in [-0.2, -0.15) is 0 Å². The van der Waals surface area contributed by atoms with Crippen LogP contribution in [0, 0.1) is 12.8 Å². The highest BCUT2D eigenvalue weighted by Gasteiger charge is 2.27. The molecular weight excluding hydrogens is 282 g/mol. The molecule has 0 bridgehead atoms. The Labute approximate surface area is 129 Å². The van der Waals surface area contributed by atoms with E-state index in [0.29, 0.717) is 0 Å². The highest BCUT2D eigenvalue weighted by atomic mass is 16.5. The van der Waals surface area contributed by atoms with Crippen molar-refractivity contribution in [2.24, 2.45) is 5.92 Å². The van der Waals surface area contributed by atoms with Crippen LogP contribution in [-0.2, 0) is 16.1 Å². The normalized spacial score (nSPS) is 15.8. The Hall–Kier alpha value is -2.37. The Kier molecular flexibility index (Phi) is 4.37. The highest BCUT2D eigenvalue weighted by Crippen LogP contribution is 2.22. The number of furan rings is 1.